The average molecular weight is 476 g/mol. The van der Waals surface area contributed by atoms with Crippen molar-refractivity contribution in [2.24, 2.45) is 0 Å². The molecule has 1 atom stereocenters. The largest absolute Gasteiger partial charge is 0.326 e. The van der Waals surface area contributed by atoms with Crippen molar-refractivity contribution in [3.05, 3.63) is 95.8 Å². The van der Waals surface area contributed by atoms with E-state index in [0.717, 1.165) is 22.5 Å². The van der Waals surface area contributed by atoms with Gasteiger partial charge in [-0.15, -0.1) is 10.2 Å². The monoisotopic (exact) mass is 475 g/mol. The number of rotatable bonds is 7. The van der Waals surface area contributed by atoms with Gasteiger partial charge in [-0.2, -0.15) is 0 Å². The van der Waals surface area contributed by atoms with E-state index < -0.39 is 18.0 Å². The topological polar surface area (TPSA) is 96.0 Å². The summed E-state index contributed by atoms with van der Waals surface area (Å²) < 4.78 is 13.2. The first-order chi connectivity index (χ1) is 16.5. The predicted molar refractivity (Wildman–Crippen MR) is 131 cm³/mol. The number of urea groups is 1. The predicted octanol–water partition coefficient (Wildman–Crippen LogP) is 5.02. The summed E-state index contributed by atoms with van der Waals surface area (Å²) in [6, 6.07) is 21.3. The number of aromatic nitrogens is 2. The van der Waals surface area contributed by atoms with Gasteiger partial charge >= 0.3 is 6.03 Å². The van der Waals surface area contributed by atoms with E-state index in [1.165, 1.54) is 12.1 Å². The fraction of sp³-hybridized carbons (Fsp3) is 0.120. The minimum Gasteiger partial charge on any atom is -0.326 e. The van der Waals surface area contributed by atoms with Crippen LogP contribution in [0.15, 0.2) is 78.9 Å². The maximum absolute atomic E-state index is 13.2. The van der Waals surface area contributed by atoms with Crippen molar-refractivity contribution in [2.75, 3.05) is 10.6 Å². The Labute approximate surface area is 200 Å². The van der Waals surface area contributed by atoms with Crippen LogP contribution in [0, 0.1) is 12.7 Å². The Morgan fingerprint density at radius 2 is 1.71 bits per heavy atom. The van der Waals surface area contributed by atoms with E-state index in [1.807, 2.05) is 55.5 Å². The Morgan fingerprint density at radius 1 is 0.941 bits per heavy atom. The van der Waals surface area contributed by atoms with Crippen molar-refractivity contribution in [1.29, 1.82) is 0 Å². The summed E-state index contributed by atoms with van der Waals surface area (Å²) in [6.07, 6.45) is 0.289. The SMILES string of the molecule is Cc1cccc(NC(=O)N[C@@H](Cc2ccccc2)C(=O)Nc2nnc(-c3ccc(F)cc3)s2)c1. The lowest BCUT2D eigenvalue weighted by Gasteiger charge is -2.18. The standard InChI is InChI=1S/C25H22FN5O2S/c1-16-6-5-9-20(14-16)27-24(33)28-21(15-17-7-3-2-4-8-17)22(32)29-25-31-30-23(34-25)18-10-12-19(26)13-11-18/h2-14,21H,15H2,1H3,(H2,27,28,33)(H,29,31,32)/t21-/m0/s1. The number of carbonyl (C=O) groups excluding carboxylic acids is 2. The van der Waals surface area contributed by atoms with Crippen molar-refractivity contribution >= 4 is 34.1 Å². The van der Waals surface area contributed by atoms with Crippen molar-refractivity contribution in [2.45, 2.75) is 19.4 Å². The first kappa shape index (κ1) is 23.1. The highest BCUT2D eigenvalue weighted by Gasteiger charge is 2.23. The first-order valence-corrected chi connectivity index (χ1v) is 11.4. The third kappa shape index (κ3) is 6.23. The molecular weight excluding hydrogens is 453 g/mol. The Hall–Kier alpha value is -4.11. The second-order valence-corrected chi connectivity index (χ2v) is 8.60. The van der Waals surface area contributed by atoms with Gasteiger partial charge in [0.2, 0.25) is 11.0 Å². The van der Waals surface area contributed by atoms with Crippen molar-refractivity contribution in [3.63, 3.8) is 0 Å². The number of aryl methyl sites for hydroxylation is 1. The number of amides is 3. The normalized spacial score (nSPS) is 11.5. The van der Waals surface area contributed by atoms with Crippen molar-refractivity contribution in [3.8, 4) is 10.6 Å². The lowest BCUT2D eigenvalue weighted by atomic mass is 10.1. The summed E-state index contributed by atoms with van der Waals surface area (Å²) in [7, 11) is 0. The second-order valence-electron chi connectivity index (χ2n) is 7.62. The van der Waals surface area contributed by atoms with Gasteiger partial charge in [0.1, 0.15) is 16.9 Å². The Kier molecular flexibility index (Phi) is 7.24. The van der Waals surface area contributed by atoms with E-state index in [0.29, 0.717) is 16.3 Å². The highest BCUT2D eigenvalue weighted by molar-refractivity contribution is 7.18. The Bertz CT molecular complexity index is 1280. The molecule has 172 valence electrons. The summed E-state index contributed by atoms with van der Waals surface area (Å²) in [5, 5.41) is 17.2. The van der Waals surface area contributed by atoms with Crippen LogP contribution in [-0.2, 0) is 11.2 Å². The molecule has 0 saturated carbocycles. The Balaban J connectivity index is 1.47. The third-order valence-electron chi connectivity index (χ3n) is 4.93. The Morgan fingerprint density at radius 3 is 2.44 bits per heavy atom. The first-order valence-electron chi connectivity index (χ1n) is 10.5. The molecule has 3 amide bonds. The molecule has 0 aliphatic rings. The van der Waals surface area contributed by atoms with Crippen LogP contribution in [0.1, 0.15) is 11.1 Å². The number of anilines is 2. The van der Waals surface area contributed by atoms with E-state index in [9.17, 15) is 14.0 Å². The van der Waals surface area contributed by atoms with Crippen LogP contribution in [0.25, 0.3) is 10.6 Å². The van der Waals surface area contributed by atoms with Gasteiger partial charge in [-0.1, -0.05) is 53.8 Å². The molecule has 0 spiro atoms. The van der Waals surface area contributed by atoms with E-state index in [4.69, 9.17) is 0 Å². The van der Waals surface area contributed by atoms with Crippen molar-refractivity contribution < 1.29 is 14.0 Å². The molecule has 4 rings (SSSR count). The van der Waals surface area contributed by atoms with Gasteiger partial charge in [-0.25, -0.2) is 9.18 Å². The maximum atomic E-state index is 13.2. The molecular formula is C25H22FN5O2S. The van der Waals surface area contributed by atoms with Gasteiger partial charge in [0.15, 0.2) is 0 Å². The number of benzene rings is 3. The lowest BCUT2D eigenvalue weighted by Crippen LogP contribution is -2.46. The number of hydrogen-bond donors (Lipinski definition) is 3. The van der Waals surface area contributed by atoms with Crippen LogP contribution in [-0.4, -0.2) is 28.2 Å². The molecule has 3 aromatic carbocycles. The number of nitrogens with zero attached hydrogens (tertiary/aromatic N) is 2. The van der Waals surface area contributed by atoms with Gasteiger partial charge in [0, 0.05) is 17.7 Å². The van der Waals surface area contributed by atoms with Crippen molar-refractivity contribution in [1.82, 2.24) is 15.5 Å². The highest BCUT2D eigenvalue weighted by Crippen LogP contribution is 2.26. The molecule has 4 aromatic rings. The van der Waals surface area contributed by atoms with Crippen LogP contribution in [0.5, 0.6) is 0 Å². The van der Waals surface area contributed by atoms with Crippen LogP contribution < -0.4 is 16.0 Å². The second kappa shape index (κ2) is 10.7. The zero-order valence-corrected chi connectivity index (χ0v) is 19.1. The van der Waals surface area contributed by atoms with Gasteiger partial charge in [-0.3, -0.25) is 10.1 Å². The number of nitrogens with one attached hydrogen (secondary N) is 3. The van der Waals surface area contributed by atoms with Gasteiger partial charge in [0.25, 0.3) is 0 Å². The molecule has 7 nitrogen and oxygen atoms in total. The summed E-state index contributed by atoms with van der Waals surface area (Å²) >= 11 is 1.16. The minimum atomic E-state index is -0.856. The fourth-order valence-electron chi connectivity index (χ4n) is 3.28. The van der Waals surface area contributed by atoms with Gasteiger partial charge in [0.05, 0.1) is 0 Å². The molecule has 1 aromatic heterocycles. The average Bonchev–Trinajstić information content (AvgIpc) is 3.28. The van der Waals surface area contributed by atoms with Crippen LogP contribution in [0.2, 0.25) is 0 Å². The van der Waals surface area contributed by atoms with Crippen LogP contribution in [0.4, 0.5) is 20.0 Å². The summed E-state index contributed by atoms with van der Waals surface area (Å²) in [4.78, 5) is 25.7. The molecule has 0 saturated heterocycles. The molecule has 0 fully saturated rings. The highest BCUT2D eigenvalue weighted by atomic mass is 32.1. The van der Waals surface area contributed by atoms with E-state index in [1.54, 1.807) is 18.2 Å². The molecule has 0 radical (unpaired) electrons. The van der Waals surface area contributed by atoms with Gasteiger partial charge < -0.3 is 10.6 Å². The third-order valence-corrected chi connectivity index (χ3v) is 5.81. The summed E-state index contributed by atoms with van der Waals surface area (Å²) in [6.45, 7) is 1.93. The maximum Gasteiger partial charge on any atom is 0.319 e. The van der Waals surface area contributed by atoms with Gasteiger partial charge in [-0.05, 0) is 54.4 Å². The van der Waals surface area contributed by atoms with Crippen LogP contribution in [0.3, 0.4) is 0 Å². The quantitative estimate of drug-likeness (QED) is 0.350. The van der Waals surface area contributed by atoms with E-state index in [-0.39, 0.29) is 17.4 Å². The molecule has 0 bridgehead atoms. The molecule has 0 unspecified atom stereocenters. The lowest BCUT2D eigenvalue weighted by molar-refractivity contribution is -0.117. The number of halogens is 1. The molecule has 0 aliphatic carbocycles. The van der Waals surface area contributed by atoms with E-state index in [2.05, 4.69) is 26.1 Å². The van der Waals surface area contributed by atoms with Crippen LogP contribution >= 0.6 is 11.3 Å². The number of hydrogen-bond acceptors (Lipinski definition) is 5. The fourth-order valence-corrected chi connectivity index (χ4v) is 4.03. The zero-order valence-electron chi connectivity index (χ0n) is 18.3. The summed E-state index contributed by atoms with van der Waals surface area (Å²) in [5.41, 5.74) is 3.22. The van der Waals surface area contributed by atoms with E-state index >= 15 is 0 Å². The molecule has 9 heteroatoms. The molecule has 34 heavy (non-hydrogen) atoms. The smallest absolute Gasteiger partial charge is 0.319 e. The minimum absolute atomic E-state index is 0.281. The molecule has 0 aliphatic heterocycles. The molecule has 1 heterocycles. The molecule has 3 N–H and O–H groups in total. The number of carbonyl (C=O) groups is 2. The zero-order chi connectivity index (χ0) is 23.9. The summed E-state index contributed by atoms with van der Waals surface area (Å²) in [5.74, 6) is -0.773.